The average Bonchev–Trinajstić information content (AvgIpc) is 2.52. The van der Waals surface area contributed by atoms with Gasteiger partial charge in [-0.1, -0.05) is 18.2 Å². The molecule has 0 aliphatic heterocycles. The van der Waals surface area contributed by atoms with Gasteiger partial charge in [0.05, 0.1) is 32.0 Å². The van der Waals surface area contributed by atoms with Crippen LogP contribution in [0.2, 0.25) is 0 Å². The van der Waals surface area contributed by atoms with Gasteiger partial charge in [0.15, 0.2) is 0 Å². The molecule has 2 rings (SSSR count). The minimum Gasteiger partial charge on any atom is -0.496 e. The van der Waals surface area contributed by atoms with Gasteiger partial charge in [0.25, 0.3) is 0 Å². The minimum atomic E-state index is 0.408. The molecule has 0 heterocycles. The maximum absolute atomic E-state index is 8.93. The van der Waals surface area contributed by atoms with E-state index in [9.17, 15) is 0 Å². The third-order valence-corrected chi connectivity index (χ3v) is 3.24. The van der Waals surface area contributed by atoms with Gasteiger partial charge in [-0.05, 0) is 36.2 Å². The number of rotatable bonds is 6. The van der Waals surface area contributed by atoms with E-state index >= 15 is 0 Å². The van der Waals surface area contributed by atoms with Gasteiger partial charge in [0.2, 0.25) is 0 Å². The minimum absolute atomic E-state index is 0.408. The Labute approximate surface area is 124 Å². The lowest BCUT2D eigenvalue weighted by molar-refractivity contribution is 0.122. The van der Waals surface area contributed by atoms with E-state index in [4.69, 9.17) is 20.5 Å². The monoisotopic (exact) mass is 282 g/mol. The van der Waals surface area contributed by atoms with Crippen molar-refractivity contribution in [2.75, 3.05) is 19.5 Å². The molecular weight excluding hydrogens is 264 g/mol. The number of para-hydroxylation sites is 1. The highest BCUT2D eigenvalue weighted by molar-refractivity contribution is 5.46. The largest absolute Gasteiger partial charge is 0.496 e. The third-order valence-electron chi connectivity index (χ3n) is 3.24. The zero-order valence-corrected chi connectivity index (χ0v) is 12.0. The van der Waals surface area contributed by atoms with Crippen molar-refractivity contribution in [3.8, 4) is 11.8 Å². The summed E-state index contributed by atoms with van der Waals surface area (Å²) in [4.78, 5) is 0. The lowest BCUT2D eigenvalue weighted by Crippen LogP contribution is -2.03. The molecule has 0 saturated carbocycles. The first kappa shape index (κ1) is 14.9. The topological polar surface area (TPSA) is 68.3 Å². The van der Waals surface area contributed by atoms with Crippen LogP contribution in [0.5, 0.6) is 5.75 Å². The van der Waals surface area contributed by atoms with E-state index in [-0.39, 0.29) is 0 Å². The van der Waals surface area contributed by atoms with Crippen molar-refractivity contribution >= 4 is 5.69 Å². The summed E-state index contributed by atoms with van der Waals surface area (Å²) in [5, 5.41) is 8.93. The SMILES string of the molecule is COc1ccc(C#N)cc1COCCc1ccccc1N. The predicted octanol–water partition coefficient (Wildman–Crippen LogP) is 2.91. The van der Waals surface area contributed by atoms with E-state index in [0.717, 1.165) is 29.0 Å². The van der Waals surface area contributed by atoms with Crippen LogP contribution in [0.4, 0.5) is 5.69 Å². The summed E-state index contributed by atoms with van der Waals surface area (Å²) in [6.07, 6.45) is 0.757. The summed E-state index contributed by atoms with van der Waals surface area (Å²) in [5.74, 6) is 0.730. The molecule has 21 heavy (non-hydrogen) atoms. The molecule has 0 unspecified atom stereocenters. The van der Waals surface area contributed by atoms with Gasteiger partial charge in [-0.15, -0.1) is 0 Å². The van der Waals surface area contributed by atoms with Crippen LogP contribution in [0, 0.1) is 11.3 Å². The predicted molar refractivity (Wildman–Crippen MR) is 81.9 cm³/mol. The molecule has 2 aromatic rings. The van der Waals surface area contributed by atoms with Gasteiger partial charge in [-0.3, -0.25) is 0 Å². The molecule has 0 aliphatic carbocycles. The Kier molecular flexibility index (Phi) is 5.19. The number of hydrogen-bond donors (Lipinski definition) is 1. The van der Waals surface area contributed by atoms with Gasteiger partial charge in [-0.25, -0.2) is 0 Å². The number of nitriles is 1. The van der Waals surface area contributed by atoms with Crippen LogP contribution in [0.15, 0.2) is 42.5 Å². The Morgan fingerprint density at radius 1 is 1.14 bits per heavy atom. The zero-order valence-electron chi connectivity index (χ0n) is 12.0. The normalized spacial score (nSPS) is 10.1. The van der Waals surface area contributed by atoms with E-state index in [1.807, 2.05) is 24.3 Å². The fourth-order valence-corrected chi connectivity index (χ4v) is 2.09. The van der Waals surface area contributed by atoms with Gasteiger partial charge in [0.1, 0.15) is 5.75 Å². The van der Waals surface area contributed by atoms with Crippen LogP contribution in [0.3, 0.4) is 0 Å². The van der Waals surface area contributed by atoms with E-state index in [1.54, 1.807) is 25.3 Å². The Bertz CT molecular complexity index is 647. The Morgan fingerprint density at radius 2 is 1.95 bits per heavy atom. The molecule has 0 aliphatic rings. The standard InChI is InChI=1S/C17H18N2O2/c1-20-17-7-6-13(11-18)10-15(17)12-21-9-8-14-4-2-3-5-16(14)19/h2-7,10H,8-9,12,19H2,1H3. The van der Waals surface area contributed by atoms with Crippen molar-refractivity contribution in [1.82, 2.24) is 0 Å². The molecule has 4 heteroatoms. The highest BCUT2D eigenvalue weighted by atomic mass is 16.5. The van der Waals surface area contributed by atoms with Crippen molar-refractivity contribution in [2.45, 2.75) is 13.0 Å². The molecule has 108 valence electrons. The summed E-state index contributed by atoms with van der Waals surface area (Å²) < 4.78 is 10.9. The highest BCUT2D eigenvalue weighted by Gasteiger charge is 2.05. The van der Waals surface area contributed by atoms with Crippen molar-refractivity contribution in [1.29, 1.82) is 5.26 Å². The fraction of sp³-hybridized carbons (Fsp3) is 0.235. The molecule has 0 aromatic heterocycles. The lowest BCUT2D eigenvalue weighted by Gasteiger charge is -2.10. The lowest BCUT2D eigenvalue weighted by atomic mass is 10.1. The molecule has 0 spiro atoms. The number of nitrogens with zero attached hydrogens (tertiary/aromatic N) is 1. The second-order valence-electron chi connectivity index (χ2n) is 4.64. The number of methoxy groups -OCH3 is 1. The van der Waals surface area contributed by atoms with Crippen LogP contribution in [-0.4, -0.2) is 13.7 Å². The number of nitrogen functional groups attached to an aromatic ring is 1. The van der Waals surface area contributed by atoms with Crippen LogP contribution < -0.4 is 10.5 Å². The Morgan fingerprint density at radius 3 is 2.67 bits per heavy atom. The van der Waals surface area contributed by atoms with Crippen molar-refractivity contribution in [3.63, 3.8) is 0 Å². The second kappa shape index (κ2) is 7.32. The second-order valence-corrected chi connectivity index (χ2v) is 4.64. The first-order valence-electron chi connectivity index (χ1n) is 6.72. The molecule has 0 saturated heterocycles. The van der Waals surface area contributed by atoms with E-state index in [1.165, 1.54) is 0 Å². The maximum atomic E-state index is 8.93. The molecule has 4 nitrogen and oxygen atoms in total. The molecule has 2 aromatic carbocycles. The van der Waals surface area contributed by atoms with Crippen molar-refractivity contribution in [3.05, 3.63) is 59.2 Å². The number of anilines is 1. The van der Waals surface area contributed by atoms with E-state index in [2.05, 4.69) is 6.07 Å². The van der Waals surface area contributed by atoms with Gasteiger partial charge >= 0.3 is 0 Å². The first-order chi connectivity index (χ1) is 10.2. The van der Waals surface area contributed by atoms with Crippen LogP contribution in [-0.2, 0) is 17.8 Å². The number of nitrogens with two attached hydrogens (primary N) is 1. The van der Waals surface area contributed by atoms with Gasteiger partial charge in [-0.2, -0.15) is 5.26 Å². The summed E-state index contributed by atoms with van der Waals surface area (Å²) in [6, 6.07) is 15.2. The van der Waals surface area contributed by atoms with Crippen molar-refractivity contribution < 1.29 is 9.47 Å². The molecule has 0 bridgehead atoms. The molecular formula is C17H18N2O2. The Hall–Kier alpha value is -2.51. The molecule has 2 N–H and O–H groups in total. The van der Waals surface area contributed by atoms with Gasteiger partial charge in [0, 0.05) is 11.3 Å². The maximum Gasteiger partial charge on any atom is 0.124 e. The van der Waals surface area contributed by atoms with Crippen LogP contribution in [0.1, 0.15) is 16.7 Å². The summed E-state index contributed by atoms with van der Waals surface area (Å²) in [5.41, 5.74) is 9.22. The highest BCUT2D eigenvalue weighted by Crippen LogP contribution is 2.20. The summed E-state index contributed by atoms with van der Waals surface area (Å²) >= 11 is 0. The number of hydrogen-bond acceptors (Lipinski definition) is 4. The quantitative estimate of drug-likeness (QED) is 0.653. The first-order valence-corrected chi connectivity index (χ1v) is 6.72. The smallest absolute Gasteiger partial charge is 0.124 e. The zero-order chi connectivity index (χ0) is 15.1. The summed E-state index contributed by atoms with van der Waals surface area (Å²) in [6.45, 7) is 0.972. The number of ether oxygens (including phenoxy) is 2. The molecule has 0 radical (unpaired) electrons. The summed E-state index contributed by atoms with van der Waals surface area (Å²) in [7, 11) is 1.61. The van der Waals surface area contributed by atoms with Crippen molar-refractivity contribution in [2.24, 2.45) is 0 Å². The van der Waals surface area contributed by atoms with Crippen LogP contribution >= 0.6 is 0 Å². The number of benzene rings is 2. The van der Waals surface area contributed by atoms with Crippen LogP contribution in [0.25, 0.3) is 0 Å². The van der Waals surface area contributed by atoms with Gasteiger partial charge < -0.3 is 15.2 Å². The third kappa shape index (κ3) is 3.98. The molecule has 0 amide bonds. The average molecular weight is 282 g/mol. The molecule has 0 fully saturated rings. The van der Waals surface area contributed by atoms with E-state index < -0.39 is 0 Å². The fourth-order valence-electron chi connectivity index (χ4n) is 2.09. The molecule has 0 atom stereocenters. The van der Waals surface area contributed by atoms with E-state index in [0.29, 0.717) is 18.8 Å². The Balaban J connectivity index is 1.92.